The van der Waals surface area contributed by atoms with Crippen LogP contribution in [0.2, 0.25) is 0 Å². The van der Waals surface area contributed by atoms with E-state index in [0.29, 0.717) is 18.6 Å². The van der Waals surface area contributed by atoms with E-state index >= 15 is 0 Å². The maximum Gasteiger partial charge on any atom is 0.277 e. The molecule has 0 saturated carbocycles. The summed E-state index contributed by atoms with van der Waals surface area (Å²) >= 11 is 0. The van der Waals surface area contributed by atoms with Crippen LogP contribution >= 0.6 is 0 Å². The largest absolute Gasteiger partial charge is 0.492 e. The Labute approximate surface area is 173 Å². The molecule has 5 rings (SSSR count). The molecule has 148 valence electrons. The molecule has 0 aliphatic carbocycles. The molecule has 0 radical (unpaired) electrons. The van der Waals surface area contributed by atoms with Gasteiger partial charge in [-0.2, -0.15) is 0 Å². The van der Waals surface area contributed by atoms with Crippen LogP contribution in [0.15, 0.2) is 65.8 Å². The zero-order valence-corrected chi connectivity index (χ0v) is 16.8. The number of hydrogen-bond donors (Lipinski definition) is 0. The molecule has 6 nitrogen and oxygen atoms in total. The predicted molar refractivity (Wildman–Crippen MR) is 116 cm³/mol. The maximum atomic E-state index is 12.9. The number of nitrogens with zero attached hydrogens (tertiary/aromatic N) is 4. The molecule has 0 spiro atoms. The summed E-state index contributed by atoms with van der Waals surface area (Å²) in [5.41, 5.74) is 5.76. The molecule has 1 aliphatic rings. The first-order valence-corrected chi connectivity index (χ1v) is 9.84. The first kappa shape index (κ1) is 18.2. The van der Waals surface area contributed by atoms with Crippen molar-refractivity contribution in [2.75, 3.05) is 6.61 Å². The minimum Gasteiger partial charge on any atom is -0.492 e. The normalized spacial score (nSPS) is 14.5. The number of fused-ring (bicyclic) bond motifs is 2. The number of rotatable bonds is 2. The number of imidazole rings is 1. The first-order valence-electron chi connectivity index (χ1n) is 9.84. The van der Waals surface area contributed by atoms with Crippen molar-refractivity contribution < 1.29 is 9.53 Å². The number of aliphatic imine (C=N–C) groups is 1. The van der Waals surface area contributed by atoms with Crippen molar-refractivity contribution in [1.29, 1.82) is 0 Å². The van der Waals surface area contributed by atoms with E-state index in [9.17, 15) is 4.79 Å². The van der Waals surface area contributed by atoms with Crippen molar-refractivity contribution in [3.05, 3.63) is 77.6 Å². The van der Waals surface area contributed by atoms with Gasteiger partial charge in [-0.25, -0.2) is 9.98 Å². The first-order chi connectivity index (χ1) is 14.6. The lowest BCUT2D eigenvalue weighted by Gasteiger charge is -2.18. The van der Waals surface area contributed by atoms with E-state index in [-0.39, 0.29) is 5.91 Å². The Hall–Kier alpha value is -3.80. The number of ether oxygens (including phenoxy) is 1. The van der Waals surface area contributed by atoms with E-state index in [1.165, 1.54) is 0 Å². The summed E-state index contributed by atoms with van der Waals surface area (Å²) < 4.78 is 7.66. The highest BCUT2D eigenvalue weighted by Gasteiger charge is 2.18. The van der Waals surface area contributed by atoms with Gasteiger partial charge in [0.15, 0.2) is 0 Å². The van der Waals surface area contributed by atoms with Gasteiger partial charge < -0.3 is 9.30 Å². The van der Waals surface area contributed by atoms with Gasteiger partial charge in [-0.15, -0.1) is 0 Å². The summed E-state index contributed by atoms with van der Waals surface area (Å²) in [6.07, 6.45) is 2.43. The summed E-state index contributed by atoms with van der Waals surface area (Å²) in [6, 6.07) is 17.2. The fraction of sp³-hybridized carbons (Fsp3) is 0.167. The summed E-state index contributed by atoms with van der Waals surface area (Å²) in [6.45, 7) is 2.48. The van der Waals surface area contributed by atoms with Gasteiger partial charge in [-0.3, -0.25) is 9.78 Å². The Morgan fingerprint density at radius 2 is 2.00 bits per heavy atom. The van der Waals surface area contributed by atoms with E-state index in [1.807, 2.05) is 67.2 Å². The Bertz CT molecular complexity index is 1300. The molecule has 0 N–H and O–H groups in total. The fourth-order valence-electron chi connectivity index (χ4n) is 3.72. The molecule has 3 heterocycles. The molecule has 0 fully saturated rings. The molecule has 0 bridgehead atoms. The van der Waals surface area contributed by atoms with Crippen LogP contribution in [0.25, 0.3) is 22.4 Å². The molecule has 0 saturated heterocycles. The Morgan fingerprint density at radius 3 is 2.83 bits per heavy atom. The van der Waals surface area contributed by atoms with E-state index in [4.69, 9.17) is 9.72 Å². The van der Waals surface area contributed by atoms with Crippen molar-refractivity contribution in [2.24, 2.45) is 12.0 Å². The standard InChI is InChI=1S/C24H20N4O2/c1-15-7-8-17(14-25-15)23-26-20-13-16(9-10-21(20)28(23)2)24(29)27-19-11-12-30-22-6-4-3-5-18(19)22/h3-10,13-14H,11-12H2,1-2H3. The molecular weight excluding hydrogens is 376 g/mol. The molecule has 0 atom stereocenters. The van der Waals surface area contributed by atoms with Crippen LogP contribution in [0.5, 0.6) is 5.75 Å². The number of carbonyl (C=O) groups is 1. The quantitative estimate of drug-likeness (QED) is 0.505. The summed E-state index contributed by atoms with van der Waals surface area (Å²) in [5, 5.41) is 0. The Morgan fingerprint density at radius 1 is 1.13 bits per heavy atom. The van der Waals surface area contributed by atoms with Gasteiger partial charge in [-0.05, 0) is 49.4 Å². The molecule has 2 aromatic heterocycles. The van der Waals surface area contributed by atoms with Gasteiger partial charge in [0.2, 0.25) is 0 Å². The zero-order chi connectivity index (χ0) is 20.7. The van der Waals surface area contributed by atoms with Crippen LogP contribution in [0.1, 0.15) is 28.0 Å². The minimum atomic E-state index is -0.271. The van der Waals surface area contributed by atoms with Crippen LogP contribution in [0.4, 0.5) is 0 Å². The average molecular weight is 396 g/mol. The number of benzene rings is 2. The number of pyridine rings is 1. The van der Waals surface area contributed by atoms with Crippen LogP contribution in [-0.4, -0.2) is 32.8 Å². The molecule has 2 aromatic carbocycles. The highest BCUT2D eigenvalue weighted by Crippen LogP contribution is 2.26. The molecule has 0 unspecified atom stereocenters. The Balaban J connectivity index is 1.51. The molecule has 1 aliphatic heterocycles. The molecule has 1 amide bonds. The van der Waals surface area contributed by atoms with Crippen LogP contribution < -0.4 is 4.74 Å². The van der Waals surface area contributed by atoms with Gasteiger partial charge in [0.1, 0.15) is 11.6 Å². The van der Waals surface area contributed by atoms with Crippen molar-refractivity contribution >= 4 is 22.7 Å². The van der Waals surface area contributed by atoms with Crippen molar-refractivity contribution in [3.63, 3.8) is 0 Å². The van der Waals surface area contributed by atoms with Gasteiger partial charge in [0, 0.05) is 42.0 Å². The summed E-state index contributed by atoms with van der Waals surface area (Å²) in [5.74, 6) is 1.31. The molecule has 4 aromatic rings. The fourth-order valence-corrected chi connectivity index (χ4v) is 3.72. The van der Waals surface area contributed by atoms with Gasteiger partial charge >= 0.3 is 0 Å². The number of hydrogen-bond acceptors (Lipinski definition) is 4. The van der Waals surface area contributed by atoms with Crippen molar-refractivity contribution in [3.8, 4) is 17.1 Å². The van der Waals surface area contributed by atoms with E-state index < -0.39 is 0 Å². The lowest BCUT2D eigenvalue weighted by Crippen LogP contribution is -2.17. The van der Waals surface area contributed by atoms with Crippen LogP contribution in [-0.2, 0) is 7.05 Å². The lowest BCUT2D eigenvalue weighted by atomic mass is 10.0. The maximum absolute atomic E-state index is 12.9. The third kappa shape index (κ3) is 3.16. The highest BCUT2D eigenvalue weighted by molar-refractivity contribution is 6.12. The number of carbonyl (C=O) groups excluding carboxylic acids is 1. The smallest absolute Gasteiger partial charge is 0.277 e. The predicted octanol–water partition coefficient (Wildman–Crippen LogP) is 4.36. The number of aromatic nitrogens is 3. The van der Waals surface area contributed by atoms with Crippen LogP contribution in [0, 0.1) is 6.92 Å². The topological polar surface area (TPSA) is 69.4 Å². The van der Waals surface area contributed by atoms with Gasteiger partial charge in [0.05, 0.1) is 23.4 Å². The monoisotopic (exact) mass is 396 g/mol. The van der Waals surface area contributed by atoms with E-state index in [0.717, 1.165) is 45.1 Å². The molecule has 6 heteroatoms. The third-order valence-electron chi connectivity index (χ3n) is 5.33. The summed E-state index contributed by atoms with van der Waals surface area (Å²) in [7, 11) is 1.96. The van der Waals surface area contributed by atoms with E-state index in [1.54, 1.807) is 12.1 Å². The zero-order valence-electron chi connectivity index (χ0n) is 16.8. The van der Waals surface area contributed by atoms with Crippen molar-refractivity contribution in [2.45, 2.75) is 13.3 Å². The number of amides is 1. The second kappa shape index (κ2) is 7.22. The van der Waals surface area contributed by atoms with Crippen LogP contribution in [0.3, 0.4) is 0 Å². The van der Waals surface area contributed by atoms with Gasteiger partial charge in [-0.1, -0.05) is 12.1 Å². The molecule has 30 heavy (non-hydrogen) atoms. The molecular formula is C24H20N4O2. The van der Waals surface area contributed by atoms with Crippen molar-refractivity contribution in [1.82, 2.24) is 14.5 Å². The SMILES string of the molecule is Cc1ccc(-c2nc3cc(C(=O)N=C4CCOc5ccccc54)ccc3n2C)cn1. The Kier molecular flexibility index (Phi) is 4.39. The average Bonchev–Trinajstić information content (AvgIpc) is 3.10. The second-order valence-electron chi connectivity index (χ2n) is 7.34. The highest BCUT2D eigenvalue weighted by atomic mass is 16.5. The third-order valence-corrected chi connectivity index (χ3v) is 5.33. The number of aryl methyl sites for hydroxylation is 2. The lowest BCUT2D eigenvalue weighted by molar-refractivity contribution is 0.100. The number of para-hydroxylation sites is 1. The minimum absolute atomic E-state index is 0.271. The summed E-state index contributed by atoms with van der Waals surface area (Å²) in [4.78, 5) is 26.4. The second-order valence-corrected chi connectivity index (χ2v) is 7.34. The van der Waals surface area contributed by atoms with E-state index in [2.05, 4.69) is 9.98 Å². The van der Waals surface area contributed by atoms with Gasteiger partial charge in [0.25, 0.3) is 5.91 Å².